The quantitative estimate of drug-likeness (QED) is 0.293. The number of piperidine rings is 1. The molecule has 1 aliphatic rings. The Morgan fingerprint density at radius 1 is 1.24 bits per heavy atom. The van der Waals surface area contributed by atoms with Crippen LogP contribution in [0.5, 0.6) is 5.75 Å². The zero-order valence-electron chi connectivity index (χ0n) is 19.1. The average molecular weight is 485 g/mol. The Labute approximate surface area is 201 Å². The number of benzene rings is 1. The Bertz CT molecular complexity index is 1160. The highest BCUT2D eigenvalue weighted by Crippen LogP contribution is 2.29. The number of methoxy groups -OCH3 is 1. The van der Waals surface area contributed by atoms with Gasteiger partial charge in [0.25, 0.3) is 0 Å². The summed E-state index contributed by atoms with van der Waals surface area (Å²) in [4.78, 5) is 38.2. The SMILES string of the molecule is COc1ccc2nc(C)nc(SCC(=O)c3ccc(CNC(=O)C4CCCCN4C)s3)c2c1. The molecule has 1 N–H and O–H groups in total. The molecule has 4 rings (SSSR count). The van der Waals surface area contributed by atoms with Crippen molar-refractivity contribution in [3.63, 3.8) is 0 Å². The van der Waals surface area contributed by atoms with Gasteiger partial charge in [-0.15, -0.1) is 11.3 Å². The number of likely N-dealkylation sites (tertiary alicyclic amines) is 1. The van der Waals surface area contributed by atoms with Crippen molar-refractivity contribution in [2.75, 3.05) is 26.5 Å². The highest BCUT2D eigenvalue weighted by atomic mass is 32.2. The van der Waals surface area contributed by atoms with Crippen molar-refractivity contribution in [1.82, 2.24) is 20.2 Å². The molecule has 0 saturated carbocycles. The predicted octanol–water partition coefficient (Wildman–Crippen LogP) is 4.08. The van der Waals surface area contributed by atoms with Crippen LogP contribution in [0.3, 0.4) is 0 Å². The molecule has 7 nitrogen and oxygen atoms in total. The molecular formula is C24H28N4O3S2. The lowest BCUT2D eigenvalue weighted by Crippen LogP contribution is -2.47. The molecule has 1 unspecified atom stereocenters. The molecule has 1 aliphatic heterocycles. The topological polar surface area (TPSA) is 84.4 Å². The Hall–Kier alpha value is -2.49. The fraction of sp³-hybridized carbons (Fsp3) is 0.417. The van der Waals surface area contributed by atoms with Gasteiger partial charge in [0.15, 0.2) is 5.78 Å². The molecule has 33 heavy (non-hydrogen) atoms. The normalized spacial score (nSPS) is 16.6. The number of hydrogen-bond acceptors (Lipinski definition) is 8. The van der Waals surface area contributed by atoms with Crippen LogP contribution in [-0.2, 0) is 11.3 Å². The minimum Gasteiger partial charge on any atom is -0.497 e. The van der Waals surface area contributed by atoms with E-state index < -0.39 is 0 Å². The van der Waals surface area contributed by atoms with Gasteiger partial charge in [-0.05, 0) is 63.7 Å². The number of aromatic nitrogens is 2. The van der Waals surface area contributed by atoms with Gasteiger partial charge in [-0.1, -0.05) is 18.2 Å². The van der Waals surface area contributed by atoms with E-state index in [2.05, 4.69) is 20.2 Å². The van der Waals surface area contributed by atoms with E-state index in [4.69, 9.17) is 4.74 Å². The van der Waals surface area contributed by atoms with Gasteiger partial charge in [-0.3, -0.25) is 14.5 Å². The molecule has 2 aromatic heterocycles. The van der Waals surface area contributed by atoms with Crippen LogP contribution >= 0.6 is 23.1 Å². The molecule has 0 aliphatic carbocycles. The summed E-state index contributed by atoms with van der Waals surface area (Å²) in [6.45, 7) is 3.26. The predicted molar refractivity (Wildman–Crippen MR) is 132 cm³/mol. The number of likely N-dealkylation sites (N-methyl/N-ethyl adjacent to an activating group) is 1. The highest BCUT2D eigenvalue weighted by Gasteiger charge is 2.25. The van der Waals surface area contributed by atoms with Gasteiger partial charge in [0, 0.05) is 10.3 Å². The number of nitrogens with zero attached hydrogens (tertiary/aromatic N) is 3. The van der Waals surface area contributed by atoms with Crippen molar-refractivity contribution in [3.05, 3.63) is 45.9 Å². The van der Waals surface area contributed by atoms with Gasteiger partial charge in [-0.25, -0.2) is 9.97 Å². The summed E-state index contributed by atoms with van der Waals surface area (Å²) in [6.07, 6.45) is 3.13. The average Bonchev–Trinajstić information content (AvgIpc) is 3.30. The molecule has 3 heterocycles. The van der Waals surface area contributed by atoms with Crippen molar-refractivity contribution in [3.8, 4) is 5.75 Å². The summed E-state index contributed by atoms with van der Waals surface area (Å²) >= 11 is 2.84. The lowest BCUT2D eigenvalue weighted by Gasteiger charge is -2.31. The number of ether oxygens (including phenoxy) is 1. The molecule has 3 aromatic rings. The number of aryl methyl sites for hydroxylation is 1. The molecule has 1 aromatic carbocycles. The van der Waals surface area contributed by atoms with E-state index in [1.807, 2.05) is 44.3 Å². The van der Waals surface area contributed by atoms with Crippen LogP contribution in [0.2, 0.25) is 0 Å². The molecule has 1 atom stereocenters. The third kappa shape index (κ3) is 5.72. The first kappa shape index (κ1) is 23.7. The highest BCUT2D eigenvalue weighted by molar-refractivity contribution is 8.00. The second-order valence-electron chi connectivity index (χ2n) is 8.15. The number of thiophene rings is 1. The number of Topliss-reactive ketones (excluding diaryl/α,β-unsaturated/α-hetero) is 1. The number of rotatable bonds is 8. The number of nitrogens with one attached hydrogen (secondary N) is 1. The fourth-order valence-electron chi connectivity index (χ4n) is 3.95. The Morgan fingerprint density at radius 2 is 2.09 bits per heavy atom. The first-order valence-corrected chi connectivity index (χ1v) is 12.8. The zero-order chi connectivity index (χ0) is 23.4. The number of thioether (sulfide) groups is 1. The summed E-state index contributed by atoms with van der Waals surface area (Å²) in [6, 6.07) is 9.38. The molecule has 174 valence electrons. The third-order valence-electron chi connectivity index (χ3n) is 5.77. The number of hydrogen-bond donors (Lipinski definition) is 1. The van der Waals surface area contributed by atoms with Gasteiger partial charge in [0.05, 0.1) is 35.8 Å². The molecule has 0 spiro atoms. The number of ketones is 1. The van der Waals surface area contributed by atoms with Crippen molar-refractivity contribution < 1.29 is 14.3 Å². The van der Waals surface area contributed by atoms with Crippen LogP contribution in [0.25, 0.3) is 10.9 Å². The minimum absolute atomic E-state index is 0.0434. The lowest BCUT2D eigenvalue weighted by atomic mass is 10.0. The van der Waals surface area contributed by atoms with Crippen LogP contribution in [0.4, 0.5) is 0 Å². The molecule has 1 fully saturated rings. The van der Waals surface area contributed by atoms with Crippen molar-refractivity contribution in [2.45, 2.75) is 43.8 Å². The fourth-order valence-corrected chi connectivity index (χ4v) is 5.87. The standard InChI is InChI=1S/C24H28N4O3S2/c1-15-26-19-9-7-16(31-3)12-18(19)24(27-15)32-14-21(29)22-10-8-17(33-22)13-25-23(30)20-6-4-5-11-28(20)2/h7-10,12,20H,4-6,11,13-14H2,1-3H3,(H,25,30). The van der Waals surface area contributed by atoms with Crippen LogP contribution in [0.1, 0.15) is 39.6 Å². The summed E-state index contributed by atoms with van der Waals surface area (Å²) in [5.41, 5.74) is 0.830. The molecule has 0 bridgehead atoms. The number of carbonyl (C=O) groups is 2. The Balaban J connectivity index is 1.37. The Kier molecular flexibility index (Phi) is 7.62. The van der Waals surface area contributed by atoms with Gasteiger partial charge in [0.2, 0.25) is 5.91 Å². The first-order chi connectivity index (χ1) is 15.9. The smallest absolute Gasteiger partial charge is 0.237 e. The van der Waals surface area contributed by atoms with Crippen molar-refractivity contribution >= 4 is 45.7 Å². The maximum Gasteiger partial charge on any atom is 0.237 e. The van der Waals surface area contributed by atoms with Gasteiger partial charge >= 0.3 is 0 Å². The number of amides is 1. The summed E-state index contributed by atoms with van der Waals surface area (Å²) in [5, 5.41) is 4.67. The largest absolute Gasteiger partial charge is 0.497 e. The first-order valence-electron chi connectivity index (χ1n) is 11.0. The van der Waals surface area contributed by atoms with Crippen LogP contribution < -0.4 is 10.1 Å². The summed E-state index contributed by atoms with van der Waals surface area (Å²) in [5.74, 6) is 1.78. The van der Waals surface area contributed by atoms with Crippen molar-refractivity contribution in [1.29, 1.82) is 0 Å². The maximum absolute atomic E-state index is 12.8. The summed E-state index contributed by atoms with van der Waals surface area (Å²) in [7, 11) is 3.62. The van der Waals surface area contributed by atoms with Crippen molar-refractivity contribution in [2.24, 2.45) is 0 Å². The second kappa shape index (κ2) is 10.6. The third-order valence-corrected chi connectivity index (χ3v) is 7.88. The van der Waals surface area contributed by atoms with Crippen LogP contribution in [0.15, 0.2) is 35.4 Å². The zero-order valence-corrected chi connectivity index (χ0v) is 20.7. The van der Waals surface area contributed by atoms with E-state index in [9.17, 15) is 9.59 Å². The van der Waals surface area contributed by atoms with E-state index in [0.717, 1.165) is 52.4 Å². The van der Waals surface area contributed by atoms with E-state index >= 15 is 0 Å². The number of carbonyl (C=O) groups excluding carboxylic acids is 2. The molecular weight excluding hydrogens is 456 g/mol. The van der Waals surface area contributed by atoms with E-state index in [-0.39, 0.29) is 23.5 Å². The van der Waals surface area contributed by atoms with Crippen LogP contribution in [0, 0.1) is 6.92 Å². The second-order valence-corrected chi connectivity index (χ2v) is 10.3. The molecule has 1 amide bonds. The Morgan fingerprint density at radius 3 is 2.88 bits per heavy atom. The number of fused-ring (bicyclic) bond motifs is 1. The van der Waals surface area contributed by atoms with Gasteiger partial charge < -0.3 is 10.1 Å². The lowest BCUT2D eigenvalue weighted by molar-refractivity contribution is -0.127. The maximum atomic E-state index is 12.8. The summed E-state index contributed by atoms with van der Waals surface area (Å²) < 4.78 is 5.33. The minimum atomic E-state index is -0.0546. The van der Waals surface area contributed by atoms with Gasteiger partial charge in [-0.2, -0.15) is 0 Å². The van der Waals surface area contributed by atoms with E-state index in [0.29, 0.717) is 17.2 Å². The van der Waals surface area contributed by atoms with Crippen LogP contribution in [-0.4, -0.2) is 59.1 Å². The molecule has 0 radical (unpaired) electrons. The van der Waals surface area contributed by atoms with E-state index in [1.54, 1.807) is 7.11 Å². The monoisotopic (exact) mass is 484 g/mol. The van der Waals surface area contributed by atoms with E-state index in [1.165, 1.54) is 23.1 Å². The molecule has 1 saturated heterocycles. The molecule has 9 heteroatoms. The van der Waals surface area contributed by atoms with Gasteiger partial charge in [0.1, 0.15) is 16.6 Å².